The molecular weight excluding hydrogens is 502 g/mol. The van der Waals surface area contributed by atoms with Crippen molar-refractivity contribution in [1.82, 2.24) is 25.8 Å². The Morgan fingerprint density at radius 3 is 2.36 bits per heavy atom. The Morgan fingerprint density at radius 1 is 1.08 bits per heavy atom. The van der Waals surface area contributed by atoms with Crippen LogP contribution in [-0.4, -0.2) is 52.4 Å². The molecule has 0 saturated carbocycles. The van der Waals surface area contributed by atoms with Crippen LogP contribution in [0.5, 0.6) is 0 Å². The third-order valence-electron chi connectivity index (χ3n) is 6.66. The van der Waals surface area contributed by atoms with Gasteiger partial charge in [-0.1, -0.05) is 49.2 Å². The molecule has 0 aliphatic carbocycles. The van der Waals surface area contributed by atoms with E-state index in [1.54, 1.807) is 28.5 Å². The van der Waals surface area contributed by atoms with Gasteiger partial charge in [-0.15, -0.1) is 17.5 Å². The first-order chi connectivity index (χ1) is 16.9. The third-order valence-corrected chi connectivity index (χ3v) is 9.18. The minimum atomic E-state index is -4.04. The molecule has 0 radical (unpaired) electrons. The molecule has 1 fully saturated rings. The second-order valence-corrected chi connectivity index (χ2v) is 11.1. The van der Waals surface area contributed by atoms with E-state index >= 15 is 0 Å². The van der Waals surface area contributed by atoms with Crippen molar-refractivity contribution in [3.05, 3.63) is 60.3 Å². The molecular formula is C25H32ClN5O4S. The highest BCUT2D eigenvalue weighted by Crippen LogP contribution is 2.34. The molecule has 11 heteroatoms. The number of carbonyl (C=O) groups is 1. The van der Waals surface area contributed by atoms with Gasteiger partial charge in [0.25, 0.3) is 5.91 Å². The summed E-state index contributed by atoms with van der Waals surface area (Å²) in [6.45, 7) is 2.93. The van der Waals surface area contributed by atoms with Crippen LogP contribution in [0.2, 0.25) is 0 Å². The number of nitrogens with one attached hydrogen (secondary N) is 2. The maximum Gasteiger partial charge on any atom is 0.265 e. The minimum absolute atomic E-state index is 0. The number of hydrogen-bond donors (Lipinski definition) is 3. The Kier molecular flexibility index (Phi) is 9.24. The lowest BCUT2D eigenvalue weighted by molar-refractivity contribution is -0.132. The van der Waals surface area contributed by atoms with Gasteiger partial charge in [0.15, 0.2) is 14.6 Å². The van der Waals surface area contributed by atoms with E-state index in [-0.39, 0.29) is 30.1 Å². The summed E-state index contributed by atoms with van der Waals surface area (Å²) in [6.07, 6.45) is 6.62. The Balaban J connectivity index is 0.00000361. The van der Waals surface area contributed by atoms with Crippen molar-refractivity contribution >= 4 is 28.2 Å². The van der Waals surface area contributed by atoms with Crippen LogP contribution in [0.3, 0.4) is 0 Å². The van der Waals surface area contributed by atoms with Crippen molar-refractivity contribution < 1.29 is 18.4 Å². The first-order valence-corrected chi connectivity index (χ1v) is 13.4. The van der Waals surface area contributed by atoms with Gasteiger partial charge in [0.05, 0.1) is 16.8 Å². The van der Waals surface area contributed by atoms with E-state index in [9.17, 15) is 18.4 Å². The number of hydrogen-bond acceptors (Lipinski definition) is 7. The maximum absolute atomic E-state index is 13.4. The molecule has 0 spiro atoms. The fourth-order valence-electron chi connectivity index (χ4n) is 4.50. The van der Waals surface area contributed by atoms with Gasteiger partial charge in [0.2, 0.25) is 0 Å². The molecule has 1 saturated heterocycles. The van der Waals surface area contributed by atoms with Crippen molar-refractivity contribution in [3.8, 4) is 16.9 Å². The summed E-state index contributed by atoms with van der Waals surface area (Å²) in [7, 11) is -4.04. The highest BCUT2D eigenvalue weighted by Gasteiger charge is 2.51. The zero-order valence-electron chi connectivity index (χ0n) is 20.2. The van der Waals surface area contributed by atoms with Crippen LogP contribution in [-0.2, 0) is 21.1 Å². The molecule has 36 heavy (non-hydrogen) atoms. The molecule has 2 aromatic carbocycles. The van der Waals surface area contributed by atoms with Crippen molar-refractivity contribution in [3.63, 3.8) is 0 Å². The van der Waals surface area contributed by atoms with Crippen LogP contribution < -0.4 is 10.8 Å². The van der Waals surface area contributed by atoms with Crippen LogP contribution in [0.25, 0.3) is 16.9 Å². The molecule has 0 atom stereocenters. The molecule has 0 unspecified atom stereocenters. The average Bonchev–Trinajstić information content (AvgIpc) is 3.39. The third kappa shape index (κ3) is 5.46. The molecule has 9 nitrogen and oxygen atoms in total. The van der Waals surface area contributed by atoms with E-state index in [1.807, 2.05) is 12.1 Å². The molecule has 1 aliphatic rings. The fourth-order valence-corrected chi connectivity index (χ4v) is 6.47. The number of halogens is 1. The average molecular weight is 534 g/mol. The summed E-state index contributed by atoms with van der Waals surface area (Å²) in [5.41, 5.74) is 5.17. The van der Waals surface area contributed by atoms with Gasteiger partial charge in [0.1, 0.15) is 5.69 Å². The fraction of sp³-hybridized carbons (Fsp3) is 0.400. The molecule has 3 aromatic rings. The monoisotopic (exact) mass is 533 g/mol. The summed E-state index contributed by atoms with van der Waals surface area (Å²) in [5, 5.41) is 20.7. The number of sulfone groups is 1. The first-order valence-electron chi connectivity index (χ1n) is 11.9. The predicted molar refractivity (Wildman–Crippen MR) is 139 cm³/mol. The van der Waals surface area contributed by atoms with E-state index in [0.29, 0.717) is 18.8 Å². The molecule has 1 amide bonds. The van der Waals surface area contributed by atoms with Crippen LogP contribution >= 0.6 is 12.4 Å². The number of hydroxylamine groups is 1. The number of unbranched alkanes of at least 4 members (excludes halogenated alkanes) is 2. The molecule has 1 aromatic heterocycles. The Hall–Kier alpha value is -2.79. The zero-order chi connectivity index (χ0) is 24.9. The van der Waals surface area contributed by atoms with Crippen molar-refractivity contribution in [2.45, 2.75) is 55.1 Å². The summed E-state index contributed by atoms with van der Waals surface area (Å²) in [5.74, 6) is -0.902. The van der Waals surface area contributed by atoms with Crippen LogP contribution in [0.1, 0.15) is 44.6 Å². The Bertz CT molecular complexity index is 1250. The van der Waals surface area contributed by atoms with E-state index in [0.717, 1.165) is 17.7 Å². The van der Waals surface area contributed by atoms with Gasteiger partial charge in [-0.3, -0.25) is 10.0 Å². The highest BCUT2D eigenvalue weighted by molar-refractivity contribution is 7.93. The van der Waals surface area contributed by atoms with Gasteiger partial charge in [-0.25, -0.2) is 18.6 Å². The number of amides is 1. The Morgan fingerprint density at radius 2 is 1.75 bits per heavy atom. The molecule has 4 rings (SSSR count). The van der Waals surface area contributed by atoms with Crippen molar-refractivity contribution in [2.24, 2.45) is 0 Å². The van der Waals surface area contributed by atoms with E-state index in [4.69, 9.17) is 0 Å². The van der Waals surface area contributed by atoms with Crippen LogP contribution in [0, 0.1) is 0 Å². The lowest BCUT2D eigenvalue weighted by atomic mass is 9.96. The number of benzene rings is 2. The van der Waals surface area contributed by atoms with Gasteiger partial charge >= 0.3 is 0 Å². The number of carbonyl (C=O) groups excluding carboxylic acids is 1. The molecule has 2 heterocycles. The van der Waals surface area contributed by atoms with Crippen molar-refractivity contribution in [2.75, 3.05) is 13.1 Å². The largest absolute Gasteiger partial charge is 0.317 e. The normalized spacial score (nSPS) is 15.2. The predicted octanol–water partition coefficient (Wildman–Crippen LogP) is 3.49. The lowest BCUT2D eigenvalue weighted by Crippen LogP contribution is -2.57. The number of nitrogens with zero attached hydrogens (tertiary/aromatic N) is 3. The van der Waals surface area contributed by atoms with Crippen LogP contribution in [0.15, 0.2) is 59.6 Å². The summed E-state index contributed by atoms with van der Waals surface area (Å²) in [6, 6.07) is 14.5. The second kappa shape index (κ2) is 12.0. The lowest BCUT2D eigenvalue weighted by Gasteiger charge is -2.34. The first kappa shape index (κ1) is 27.8. The number of aromatic nitrogens is 3. The van der Waals surface area contributed by atoms with Gasteiger partial charge < -0.3 is 5.32 Å². The standard InChI is InChI=1S/C25H31N5O4S.ClH/c1-2-3-4-5-19-6-8-20(9-7-19)23-18-30(29-27-23)21-10-12-22(13-11-21)35(33,34)25(24(31)28-32)14-16-26-17-15-25;/h6-13,18,26,32H,2-5,14-17H2,1H3,(H,28,31);1H. The van der Waals surface area contributed by atoms with Gasteiger partial charge in [-0.05, 0) is 68.6 Å². The van der Waals surface area contributed by atoms with E-state index in [2.05, 4.69) is 34.7 Å². The number of rotatable bonds is 9. The summed E-state index contributed by atoms with van der Waals surface area (Å²) >= 11 is 0. The highest BCUT2D eigenvalue weighted by atomic mass is 35.5. The smallest absolute Gasteiger partial charge is 0.265 e. The van der Waals surface area contributed by atoms with Crippen LogP contribution in [0.4, 0.5) is 0 Å². The van der Waals surface area contributed by atoms with Gasteiger partial charge in [-0.2, -0.15) is 0 Å². The number of piperidine rings is 1. The molecule has 1 aliphatic heterocycles. The van der Waals surface area contributed by atoms with Crippen molar-refractivity contribution in [1.29, 1.82) is 0 Å². The molecule has 0 bridgehead atoms. The second-order valence-electron chi connectivity index (χ2n) is 8.88. The zero-order valence-corrected chi connectivity index (χ0v) is 21.8. The number of aryl methyl sites for hydroxylation is 1. The SMILES string of the molecule is CCCCCc1ccc(-c2cn(-c3ccc(S(=O)(=O)C4(C(=O)NO)CCNCC4)cc3)nn2)cc1.Cl. The quantitative estimate of drug-likeness (QED) is 0.218. The van der Waals surface area contributed by atoms with Gasteiger partial charge in [0, 0.05) is 5.56 Å². The summed E-state index contributed by atoms with van der Waals surface area (Å²) < 4.78 is 26.7. The van der Waals surface area contributed by atoms with E-state index in [1.165, 1.54) is 37.0 Å². The maximum atomic E-state index is 13.4. The van der Waals surface area contributed by atoms with E-state index < -0.39 is 20.5 Å². The Labute approximate surface area is 217 Å². The summed E-state index contributed by atoms with van der Waals surface area (Å²) in [4.78, 5) is 12.5. The topological polar surface area (TPSA) is 126 Å². The minimum Gasteiger partial charge on any atom is -0.317 e. The molecule has 3 N–H and O–H groups in total. The molecule has 194 valence electrons.